The summed E-state index contributed by atoms with van der Waals surface area (Å²) in [5.74, 6) is -0.652. The Balaban J connectivity index is 1.66. The fourth-order valence-electron chi connectivity index (χ4n) is 3.33. The van der Waals surface area contributed by atoms with Crippen LogP contribution in [0.1, 0.15) is 18.4 Å². The Morgan fingerprint density at radius 2 is 1.90 bits per heavy atom. The quantitative estimate of drug-likeness (QED) is 0.374. The first-order valence-corrected chi connectivity index (χ1v) is 10.8. The van der Waals surface area contributed by atoms with Crippen molar-refractivity contribution in [3.8, 4) is 5.75 Å². The van der Waals surface area contributed by atoms with Crippen LogP contribution in [0, 0.1) is 16.0 Å². The summed E-state index contributed by atoms with van der Waals surface area (Å²) >= 11 is 0. The molecular weight excluding hydrogens is 412 g/mol. The van der Waals surface area contributed by atoms with Crippen molar-refractivity contribution in [3.63, 3.8) is 0 Å². The van der Waals surface area contributed by atoms with Gasteiger partial charge in [-0.3, -0.25) is 14.9 Å². The average molecular weight is 434 g/mol. The highest BCUT2D eigenvalue weighted by Gasteiger charge is 2.34. The third kappa shape index (κ3) is 4.77. The van der Waals surface area contributed by atoms with Gasteiger partial charge in [-0.1, -0.05) is 12.1 Å². The number of hydrogen-bond acceptors (Lipinski definition) is 7. The van der Waals surface area contributed by atoms with Crippen LogP contribution in [0.3, 0.4) is 0 Å². The van der Waals surface area contributed by atoms with E-state index >= 15 is 0 Å². The van der Waals surface area contributed by atoms with E-state index in [0.29, 0.717) is 25.1 Å². The Morgan fingerprint density at radius 1 is 1.20 bits per heavy atom. The number of piperidine rings is 1. The van der Waals surface area contributed by atoms with Gasteiger partial charge in [0.15, 0.2) is 0 Å². The predicted octanol–water partition coefficient (Wildman–Crippen LogP) is 2.75. The lowest BCUT2D eigenvalue weighted by atomic mass is 10.00. The summed E-state index contributed by atoms with van der Waals surface area (Å²) in [6, 6.07) is 12.1. The first kappa shape index (κ1) is 21.7. The normalized spacial score (nSPS) is 17.3. The number of nitro groups is 1. The van der Waals surface area contributed by atoms with E-state index in [2.05, 4.69) is 0 Å². The molecule has 0 amide bonds. The lowest BCUT2D eigenvalue weighted by molar-refractivity contribution is -0.385. The minimum Gasteiger partial charge on any atom is -0.497 e. The molecule has 1 heterocycles. The number of carbonyl (C=O) groups excluding carboxylic acids is 1. The first-order valence-electron chi connectivity index (χ1n) is 9.36. The molecule has 9 nitrogen and oxygen atoms in total. The van der Waals surface area contributed by atoms with Crippen molar-refractivity contribution in [2.75, 3.05) is 20.2 Å². The number of rotatable bonds is 7. The SMILES string of the molecule is COc1ccc(S(=O)(=O)N2CCCC(C(=O)OCc3ccccc3[N+](=O)[O-])C2)cc1. The summed E-state index contributed by atoms with van der Waals surface area (Å²) in [6.07, 6.45) is 1.00. The van der Waals surface area contributed by atoms with E-state index in [1.807, 2.05) is 0 Å². The molecule has 2 aromatic rings. The van der Waals surface area contributed by atoms with Gasteiger partial charge in [0, 0.05) is 19.2 Å². The monoisotopic (exact) mass is 434 g/mol. The van der Waals surface area contributed by atoms with Crippen molar-refractivity contribution in [3.05, 3.63) is 64.2 Å². The second kappa shape index (κ2) is 9.23. The van der Waals surface area contributed by atoms with Crippen molar-refractivity contribution < 1.29 is 27.6 Å². The van der Waals surface area contributed by atoms with Crippen molar-refractivity contribution in [1.82, 2.24) is 4.31 Å². The molecule has 0 N–H and O–H groups in total. The summed E-state index contributed by atoms with van der Waals surface area (Å²) in [5.41, 5.74) is 0.159. The molecule has 160 valence electrons. The van der Waals surface area contributed by atoms with Gasteiger partial charge in [-0.2, -0.15) is 4.31 Å². The highest BCUT2D eigenvalue weighted by atomic mass is 32.2. The van der Waals surface area contributed by atoms with Gasteiger partial charge in [0.25, 0.3) is 5.69 Å². The van der Waals surface area contributed by atoms with Crippen LogP contribution in [0.25, 0.3) is 0 Å². The number of carbonyl (C=O) groups is 1. The summed E-state index contributed by atoms with van der Waals surface area (Å²) in [6.45, 7) is 0.0735. The molecule has 1 fully saturated rings. The Bertz CT molecular complexity index is 1020. The molecule has 1 saturated heterocycles. The topological polar surface area (TPSA) is 116 Å². The van der Waals surface area contributed by atoms with Crippen molar-refractivity contribution in [1.29, 1.82) is 0 Å². The summed E-state index contributed by atoms with van der Waals surface area (Å²) in [7, 11) is -2.26. The van der Waals surface area contributed by atoms with Crippen LogP contribution in [0.15, 0.2) is 53.4 Å². The molecule has 3 rings (SSSR count). The summed E-state index contributed by atoms with van der Waals surface area (Å²) < 4.78 is 37.4. The molecule has 1 aliphatic rings. The highest BCUT2D eigenvalue weighted by molar-refractivity contribution is 7.89. The number of ether oxygens (including phenoxy) is 2. The zero-order chi connectivity index (χ0) is 21.7. The third-order valence-corrected chi connectivity index (χ3v) is 6.85. The largest absolute Gasteiger partial charge is 0.497 e. The van der Waals surface area contributed by atoms with Gasteiger partial charge >= 0.3 is 5.97 Å². The minimum absolute atomic E-state index is 0.00405. The molecule has 0 aromatic heterocycles. The number of esters is 1. The van der Waals surface area contributed by atoms with Crippen LogP contribution in [0.4, 0.5) is 5.69 Å². The number of nitro benzene ring substituents is 1. The molecule has 1 unspecified atom stereocenters. The minimum atomic E-state index is -3.76. The number of sulfonamides is 1. The van der Waals surface area contributed by atoms with E-state index in [-0.39, 0.29) is 29.3 Å². The molecule has 0 aliphatic carbocycles. The zero-order valence-electron chi connectivity index (χ0n) is 16.4. The van der Waals surface area contributed by atoms with Gasteiger partial charge in [-0.15, -0.1) is 0 Å². The van der Waals surface area contributed by atoms with Crippen LogP contribution in [-0.4, -0.2) is 43.8 Å². The Hall–Kier alpha value is -2.98. The van der Waals surface area contributed by atoms with Crippen LogP contribution < -0.4 is 4.74 Å². The van der Waals surface area contributed by atoms with Crippen LogP contribution >= 0.6 is 0 Å². The number of methoxy groups -OCH3 is 1. The lowest BCUT2D eigenvalue weighted by Gasteiger charge is -2.30. The van der Waals surface area contributed by atoms with Gasteiger partial charge in [-0.05, 0) is 43.2 Å². The molecule has 30 heavy (non-hydrogen) atoms. The second-order valence-electron chi connectivity index (χ2n) is 6.87. The Kier molecular flexibility index (Phi) is 6.68. The summed E-state index contributed by atoms with van der Waals surface area (Å²) in [4.78, 5) is 23.2. The Labute approximate surface area is 174 Å². The summed E-state index contributed by atoms with van der Waals surface area (Å²) in [5, 5.41) is 11.1. The van der Waals surface area contributed by atoms with E-state index < -0.39 is 26.8 Å². The standard InChI is InChI=1S/C20H22N2O7S/c1-28-17-8-10-18(11-9-17)30(26,27)21-12-4-6-15(13-21)20(23)29-14-16-5-2-3-7-19(16)22(24)25/h2-3,5,7-11,15H,4,6,12-14H2,1H3. The van der Waals surface area contributed by atoms with Gasteiger partial charge in [0.05, 0.1) is 28.4 Å². The van der Waals surface area contributed by atoms with E-state index in [9.17, 15) is 23.3 Å². The van der Waals surface area contributed by atoms with Gasteiger partial charge < -0.3 is 9.47 Å². The van der Waals surface area contributed by atoms with Crippen molar-refractivity contribution >= 4 is 21.7 Å². The molecule has 10 heteroatoms. The molecule has 0 bridgehead atoms. The average Bonchev–Trinajstić information content (AvgIpc) is 2.77. The Morgan fingerprint density at radius 3 is 2.57 bits per heavy atom. The van der Waals surface area contributed by atoms with Gasteiger partial charge in [0.2, 0.25) is 10.0 Å². The van der Waals surface area contributed by atoms with Crippen LogP contribution in [0.2, 0.25) is 0 Å². The highest BCUT2D eigenvalue weighted by Crippen LogP contribution is 2.26. The number of benzene rings is 2. The molecular formula is C20H22N2O7S. The smallest absolute Gasteiger partial charge is 0.310 e. The van der Waals surface area contributed by atoms with Crippen molar-refractivity contribution in [2.45, 2.75) is 24.3 Å². The molecule has 0 radical (unpaired) electrons. The molecule has 1 atom stereocenters. The molecule has 0 spiro atoms. The van der Waals surface area contributed by atoms with E-state index in [1.54, 1.807) is 18.2 Å². The first-order chi connectivity index (χ1) is 14.3. The zero-order valence-corrected chi connectivity index (χ0v) is 17.2. The van der Waals surface area contributed by atoms with E-state index in [1.165, 1.54) is 41.7 Å². The lowest BCUT2D eigenvalue weighted by Crippen LogP contribution is -2.42. The van der Waals surface area contributed by atoms with Crippen molar-refractivity contribution in [2.24, 2.45) is 5.92 Å². The maximum atomic E-state index is 12.9. The maximum absolute atomic E-state index is 12.9. The van der Waals surface area contributed by atoms with Gasteiger partial charge in [0.1, 0.15) is 12.4 Å². The van der Waals surface area contributed by atoms with Crippen LogP contribution in [-0.2, 0) is 26.2 Å². The van der Waals surface area contributed by atoms with Crippen LogP contribution in [0.5, 0.6) is 5.75 Å². The number of hydrogen-bond donors (Lipinski definition) is 0. The molecule has 0 saturated carbocycles. The molecule has 2 aromatic carbocycles. The number of nitrogens with zero attached hydrogens (tertiary/aromatic N) is 2. The third-order valence-electron chi connectivity index (χ3n) is 4.97. The van der Waals surface area contributed by atoms with E-state index in [4.69, 9.17) is 9.47 Å². The number of para-hydroxylation sites is 1. The second-order valence-corrected chi connectivity index (χ2v) is 8.81. The fraction of sp³-hybridized carbons (Fsp3) is 0.350. The maximum Gasteiger partial charge on any atom is 0.310 e. The van der Waals surface area contributed by atoms with Gasteiger partial charge in [-0.25, -0.2) is 8.42 Å². The predicted molar refractivity (Wildman–Crippen MR) is 107 cm³/mol. The van der Waals surface area contributed by atoms with E-state index in [0.717, 1.165) is 0 Å². The fourth-order valence-corrected chi connectivity index (χ4v) is 4.85. The molecule has 1 aliphatic heterocycles.